The van der Waals surface area contributed by atoms with Crippen molar-refractivity contribution in [3.8, 4) is 0 Å². The molecule has 0 saturated heterocycles. The van der Waals surface area contributed by atoms with Gasteiger partial charge in [0, 0.05) is 4.90 Å². The van der Waals surface area contributed by atoms with E-state index < -0.39 is 5.97 Å². The molecule has 0 radical (unpaired) electrons. The number of hydrogen-bond donors (Lipinski definition) is 0. The zero-order valence-electron chi connectivity index (χ0n) is 11.2. The second-order valence-electron chi connectivity index (χ2n) is 3.80. The van der Waals surface area contributed by atoms with Crippen molar-refractivity contribution >= 4 is 28.5 Å². The Morgan fingerprint density at radius 2 is 2.10 bits per heavy atom. The summed E-state index contributed by atoms with van der Waals surface area (Å²) in [5.74, 6) is -0.693. The predicted molar refractivity (Wildman–Crippen MR) is 77.2 cm³/mol. The van der Waals surface area contributed by atoms with Crippen LogP contribution in [0.15, 0.2) is 46.1 Å². The Bertz CT molecular complexity index is 635. The zero-order valence-corrected chi connectivity index (χ0v) is 12.0. The van der Waals surface area contributed by atoms with Crippen molar-refractivity contribution in [1.82, 2.24) is 10.1 Å². The lowest BCUT2D eigenvalue weighted by molar-refractivity contribution is 0.0470. The highest BCUT2D eigenvalue weighted by Gasteiger charge is 2.11. The van der Waals surface area contributed by atoms with Gasteiger partial charge in [0.2, 0.25) is 0 Å². The lowest BCUT2D eigenvalue weighted by Gasteiger charge is -2.02. The normalized spacial score (nSPS) is 10.1. The van der Waals surface area contributed by atoms with Gasteiger partial charge in [0.25, 0.3) is 0 Å². The van der Waals surface area contributed by atoms with E-state index in [9.17, 15) is 4.79 Å². The molecule has 4 aromatic rings. The molecule has 1 aromatic heterocycles. The summed E-state index contributed by atoms with van der Waals surface area (Å²) < 4.78 is 8.96. The van der Waals surface area contributed by atoms with E-state index in [0.29, 0.717) is 6.61 Å². The fraction of sp³-hybridized carbons (Fsp3) is 0.214. The minimum atomic E-state index is -0.583. The molecule has 0 fully saturated rings. The van der Waals surface area contributed by atoms with Gasteiger partial charge in [0.05, 0.1) is 6.61 Å². The number of nitrogens with zero attached hydrogens (tertiary/aromatic N) is 2. The largest absolute Gasteiger partial charge is 0.459 e. The highest BCUT2D eigenvalue weighted by atomic mass is 32.2. The molecule has 0 unspecified atom stereocenters. The van der Waals surface area contributed by atoms with Crippen LogP contribution < -0.4 is 0 Å². The number of aromatic nitrogens is 2. The molecule has 0 saturated carbocycles. The first-order valence-electron chi connectivity index (χ1n) is 6.04. The van der Waals surface area contributed by atoms with Crippen LogP contribution in [0.4, 0.5) is 0 Å². The van der Waals surface area contributed by atoms with Gasteiger partial charge < -0.3 is 9.26 Å². The molecular formula is C14H14N2O3S. The van der Waals surface area contributed by atoms with Crippen LogP contribution in [0, 0.1) is 0 Å². The van der Waals surface area contributed by atoms with Crippen molar-refractivity contribution < 1.29 is 14.1 Å². The molecule has 0 atom stereocenters. The molecule has 0 aliphatic rings. The SMILES string of the molecule is CCOC(=O)c1ncno1.CSc1cc2ccc1cc2. The Morgan fingerprint density at radius 3 is 2.50 bits per heavy atom. The number of fused-ring (bicyclic) bond motifs is 3. The number of thioether (sulfide) groups is 1. The Morgan fingerprint density at radius 1 is 1.35 bits per heavy atom. The molecule has 6 heteroatoms. The van der Waals surface area contributed by atoms with Gasteiger partial charge in [0.15, 0.2) is 6.33 Å². The van der Waals surface area contributed by atoms with Gasteiger partial charge in [-0.3, -0.25) is 0 Å². The maximum Gasteiger partial charge on any atom is 0.397 e. The minimum Gasteiger partial charge on any atom is -0.459 e. The number of esters is 1. The monoisotopic (exact) mass is 290 g/mol. The number of rotatable bonds is 3. The summed E-state index contributed by atoms with van der Waals surface area (Å²) in [7, 11) is 0. The quantitative estimate of drug-likeness (QED) is 0.545. The van der Waals surface area contributed by atoms with Gasteiger partial charge in [-0.2, -0.15) is 4.98 Å². The van der Waals surface area contributed by atoms with Crippen LogP contribution in [0.25, 0.3) is 10.8 Å². The zero-order chi connectivity index (χ0) is 14.4. The molecule has 0 N–H and O–H groups in total. The van der Waals surface area contributed by atoms with Crippen LogP contribution >= 0.6 is 11.8 Å². The van der Waals surface area contributed by atoms with Crippen molar-refractivity contribution in [3.63, 3.8) is 0 Å². The van der Waals surface area contributed by atoms with Gasteiger partial charge >= 0.3 is 11.9 Å². The summed E-state index contributed by atoms with van der Waals surface area (Å²) in [5, 5.41) is 5.91. The second-order valence-corrected chi connectivity index (χ2v) is 4.65. The Balaban J connectivity index is 0.000000147. The number of carbonyl (C=O) groups is 1. The Hall–Kier alpha value is -2.08. The molecule has 5 nitrogen and oxygen atoms in total. The van der Waals surface area contributed by atoms with Crippen LogP contribution in [0.3, 0.4) is 0 Å². The molecule has 0 amide bonds. The van der Waals surface area contributed by atoms with E-state index in [1.807, 2.05) is 11.8 Å². The average molecular weight is 290 g/mol. The van der Waals surface area contributed by atoms with E-state index in [0.717, 1.165) is 6.33 Å². The number of carbonyl (C=O) groups excluding carboxylic acids is 1. The Labute approximate surface area is 120 Å². The minimum absolute atomic E-state index is 0.109. The smallest absolute Gasteiger partial charge is 0.397 e. The standard InChI is InChI=1S/C9H8S.C5H6N2O3/c1-10-9-6-7-2-4-8(9)5-3-7;1-2-9-5(8)4-6-3-7-10-4/h2-6H,1H3;3H,2H2,1H3. The van der Waals surface area contributed by atoms with Crippen LogP contribution in [0.1, 0.15) is 17.6 Å². The molecule has 0 aliphatic heterocycles. The van der Waals surface area contributed by atoms with E-state index in [-0.39, 0.29) is 5.89 Å². The van der Waals surface area contributed by atoms with Crippen molar-refractivity contribution in [2.45, 2.75) is 11.8 Å². The maximum atomic E-state index is 10.7. The molecular weight excluding hydrogens is 276 g/mol. The molecule has 1 heterocycles. The topological polar surface area (TPSA) is 65.2 Å². The number of hydrogen-bond acceptors (Lipinski definition) is 6. The molecule has 20 heavy (non-hydrogen) atoms. The fourth-order valence-electron chi connectivity index (χ4n) is 1.61. The maximum absolute atomic E-state index is 10.7. The second kappa shape index (κ2) is 6.91. The van der Waals surface area contributed by atoms with Gasteiger partial charge in [0.1, 0.15) is 0 Å². The Kier molecular flexibility index (Phi) is 4.95. The predicted octanol–water partition coefficient (Wildman–Crippen LogP) is 3.25. The van der Waals surface area contributed by atoms with Gasteiger partial charge in [-0.25, -0.2) is 4.79 Å². The third-order valence-corrected chi connectivity index (χ3v) is 3.32. The van der Waals surface area contributed by atoms with Crippen molar-refractivity contribution in [2.75, 3.05) is 12.9 Å². The van der Waals surface area contributed by atoms with Crippen molar-refractivity contribution in [1.29, 1.82) is 0 Å². The lowest BCUT2D eigenvalue weighted by atomic mass is 10.1. The molecule has 104 valence electrons. The van der Waals surface area contributed by atoms with Gasteiger partial charge in [-0.15, -0.1) is 11.8 Å². The highest BCUT2D eigenvalue weighted by Crippen LogP contribution is 2.25. The number of ether oxygens (including phenoxy) is 1. The summed E-state index contributed by atoms with van der Waals surface area (Å²) in [6, 6.07) is 10.9. The summed E-state index contributed by atoms with van der Waals surface area (Å²) in [4.78, 5) is 15.6. The van der Waals surface area contributed by atoms with E-state index >= 15 is 0 Å². The van der Waals surface area contributed by atoms with Crippen LogP contribution in [-0.2, 0) is 4.74 Å². The molecule has 0 aliphatic carbocycles. The summed E-state index contributed by atoms with van der Waals surface area (Å²) in [6.07, 6.45) is 3.26. The van der Waals surface area contributed by atoms with E-state index in [2.05, 4.69) is 56.0 Å². The molecule has 3 aromatic carbocycles. The van der Waals surface area contributed by atoms with Crippen molar-refractivity contribution in [3.05, 3.63) is 42.5 Å². The van der Waals surface area contributed by atoms with Crippen molar-refractivity contribution in [2.24, 2.45) is 0 Å². The first-order valence-corrected chi connectivity index (χ1v) is 7.27. The van der Waals surface area contributed by atoms with Crippen LogP contribution in [-0.4, -0.2) is 29.0 Å². The molecule has 0 spiro atoms. The first-order chi connectivity index (χ1) is 9.74. The molecule has 2 bridgehead atoms. The third kappa shape index (κ3) is 3.48. The summed E-state index contributed by atoms with van der Waals surface area (Å²) >= 11 is 1.81. The fourth-order valence-corrected chi connectivity index (χ4v) is 2.24. The van der Waals surface area contributed by atoms with Gasteiger partial charge in [-0.05, 0) is 30.0 Å². The average Bonchev–Trinajstić information content (AvgIpc) is 3.03. The van der Waals surface area contributed by atoms with Crippen LogP contribution in [0.5, 0.6) is 0 Å². The van der Waals surface area contributed by atoms with Gasteiger partial charge in [-0.1, -0.05) is 29.4 Å². The summed E-state index contributed by atoms with van der Waals surface area (Å²) in [6.45, 7) is 2.01. The van der Waals surface area contributed by atoms with E-state index in [1.54, 1.807) is 6.92 Å². The summed E-state index contributed by atoms with van der Waals surface area (Å²) in [5.41, 5.74) is 0. The number of benzene rings is 3. The first kappa shape index (κ1) is 14.3. The van der Waals surface area contributed by atoms with E-state index in [1.165, 1.54) is 15.7 Å². The molecule has 4 rings (SSSR count). The lowest BCUT2D eigenvalue weighted by Crippen LogP contribution is -2.04. The van der Waals surface area contributed by atoms with Crippen LogP contribution in [0.2, 0.25) is 0 Å². The highest BCUT2D eigenvalue weighted by molar-refractivity contribution is 7.98. The third-order valence-electron chi connectivity index (χ3n) is 2.52. The van der Waals surface area contributed by atoms with E-state index in [4.69, 9.17) is 0 Å².